The quantitative estimate of drug-likeness (QED) is 0.541. The van der Waals surface area contributed by atoms with Gasteiger partial charge in [0.05, 0.1) is 12.1 Å². The Hall–Kier alpha value is -2.69. The van der Waals surface area contributed by atoms with Crippen LogP contribution in [0.4, 0.5) is 0 Å². The first kappa shape index (κ1) is 21.6. The zero-order valence-electron chi connectivity index (χ0n) is 15.5. The van der Waals surface area contributed by atoms with E-state index in [9.17, 15) is 4.79 Å². The number of hydrogen-bond acceptors (Lipinski definition) is 3. The number of carboxylic acid groups (broad SMARTS) is 1. The molecule has 0 unspecified atom stereocenters. The SMILES string of the molecule is COc1cc(C)cc(-c2ccccc2)c1.O=C(O)COc1ccc(Cl)cc1Cl. The summed E-state index contributed by atoms with van der Waals surface area (Å²) in [7, 11) is 1.70. The van der Waals surface area contributed by atoms with Crippen LogP contribution in [0.1, 0.15) is 5.56 Å². The van der Waals surface area contributed by atoms with Crippen molar-refractivity contribution < 1.29 is 19.4 Å². The number of ether oxygens (including phenoxy) is 2. The first-order chi connectivity index (χ1) is 13.4. The second-order valence-electron chi connectivity index (χ2n) is 5.86. The molecule has 4 nitrogen and oxygen atoms in total. The lowest BCUT2D eigenvalue weighted by atomic mass is 10.0. The summed E-state index contributed by atoms with van der Waals surface area (Å²) in [5.74, 6) is 0.174. The largest absolute Gasteiger partial charge is 0.497 e. The predicted molar refractivity (Wildman–Crippen MR) is 113 cm³/mol. The van der Waals surface area contributed by atoms with Gasteiger partial charge in [0.1, 0.15) is 11.5 Å². The Morgan fingerprint density at radius 1 is 0.964 bits per heavy atom. The number of methoxy groups -OCH3 is 1. The highest BCUT2D eigenvalue weighted by Crippen LogP contribution is 2.27. The highest BCUT2D eigenvalue weighted by Gasteiger charge is 2.04. The van der Waals surface area contributed by atoms with Crippen LogP contribution in [-0.2, 0) is 4.79 Å². The maximum atomic E-state index is 10.2. The lowest BCUT2D eigenvalue weighted by molar-refractivity contribution is -0.139. The van der Waals surface area contributed by atoms with Gasteiger partial charge in [0, 0.05) is 5.02 Å². The average Bonchev–Trinajstić information content (AvgIpc) is 2.68. The summed E-state index contributed by atoms with van der Waals surface area (Å²) in [6, 6.07) is 21.2. The summed E-state index contributed by atoms with van der Waals surface area (Å²) in [5, 5.41) is 9.11. The van der Waals surface area contributed by atoms with Crippen molar-refractivity contribution >= 4 is 29.2 Å². The molecule has 0 atom stereocenters. The van der Waals surface area contributed by atoms with Crippen molar-refractivity contribution in [1.29, 1.82) is 0 Å². The van der Waals surface area contributed by atoms with Gasteiger partial charge >= 0.3 is 5.97 Å². The van der Waals surface area contributed by atoms with Gasteiger partial charge in [-0.15, -0.1) is 0 Å². The Labute approximate surface area is 174 Å². The van der Waals surface area contributed by atoms with Gasteiger partial charge in [-0.05, 0) is 53.9 Å². The molecule has 0 aliphatic carbocycles. The lowest BCUT2D eigenvalue weighted by Gasteiger charge is -2.06. The number of carbonyl (C=O) groups is 1. The minimum Gasteiger partial charge on any atom is -0.497 e. The standard InChI is InChI=1S/C14H14O.C8H6Cl2O3/c1-11-8-13(10-14(9-11)15-2)12-6-4-3-5-7-12;9-5-1-2-7(6(10)3-5)13-4-8(11)12/h3-10H,1-2H3;1-3H,4H2,(H,11,12). The molecule has 0 amide bonds. The van der Waals surface area contributed by atoms with Crippen LogP contribution in [0.5, 0.6) is 11.5 Å². The van der Waals surface area contributed by atoms with Gasteiger partial charge in [-0.1, -0.05) is 59.6 Å². The molecule has 0 aliphatic heterocycles. The van der Waals surface area contributed by atoms with Gasteiger partial charge < -0.3 is 14.6 Å². The van der Waals surface area contributed by atoms with Crippen molar-refractivity contribution in [2.45, 2.75) is 6.92 Å². The normalized spacial score (nSPS) is 9.86. The van der Waals surface area contributed by atoms with Gasteiger partial charge in [0.15, 0.2) is 6.61 Å². The van der Waals surface area contributed by atoms with Crippen molar-refractivity contribution in [3.05, 3.63) is 82.3 Å². The Balaban J connectivity index is 0.000000203. The number of aryl methyl sites for hydroxylation is 1. The Bertz CT molecular complexity index is 927. The molecule has 3 rings (SSSR count). The van der Waals surface area contributed by atoms with E-state index in [1.54, 1.807) is 13.2 Å². The topological polar surface area (TPSA) is 55.8 Å². The lowest BCUT2D eigenvalue weighted by Crippen LogP contribution is -2.09. The monoisotopic (exact) mass is 418 g/mol. The van der Waals surface area contributed by atoms with Crippen LogP contribution in [0.25, 0.3) is 11.1 Å². The number of benzene rings is 3. The average molecular weight is 419 g/mol. The number of aliphatic carboxylic acids is 1. The summed E-state index contributed by atoms with van der Waals surface area (Å²) in [6.07, 6.45) is 0. The van der Waals surface area contributed by atoms with Crippen molar-refractivity contribution in [1.82, 2.24) is 0 Å². The van der Waals surface area contributed by atoms with Crippen LogP contribution >= 0.6 is 23.2 Å². The van der Waals surface area contributed by atoms with E-state index in [2.05, 4.69) is 31.2 Å². The van der Waals surface area contributed by atoms with E-state index in [-0.39, 0.29) is 0 Å². The summed E-state index contributed by atoms with van der Waals surface area (Å²) >= 11 is 11.3. The summed E-state index contributed by atoms with van der Waals surface area (Å²) in [5.41, 5.74) is 3.64. The molecule has 0 aromatic heterocycles. The molecular formula is C22H20Cl2O4. The number of rotatable bonds is 5. The third-order valence-electron chi connectivity index (χ3n) is 3.64. The summed E-state index contributed by atoms with van der Waals surface area (Å²) < 4.78 is 10.1. The smallest absolute Gasteiger partial charge is 0.341 e. The van der Waals surface area contributed by atoms with E-state index in [1.807, 2.05) is 24.3 Å². The van der Waals surface area contributed by atoms with Crippen LogP contribution in [0.15, 0.2) is 66.7 Å². The summed E-state index contributed by atoms with van der Waals surface area (Å²) in [4.78, 5) is 10.2. The van der Waals surface area contributed by atoms with Gasteiger partial charge in [0.2, 0.25) is 0 Å². The van der Waals surface area contributed by atoms with E-state index in [1.165, 1.54) is 28.8 Å². The maximum Gasteiger partial charge on any atom is 0.341 e. The minimum absolute atomic E-state index is 0.300. The third-order valence-corrected chi connectivity index (χ3v) is 4.17. The Kier molecular flexibility index (Phi) is 8.18. The first-order valence-corrected chi connectivity index (χ1v) is 9.15. The molecular weight excluding hydrogens is 399 g/mol. The van der Waals surface area contributed by atoms with E-state index < -0.39 is 12.6 Å². The molecule has 0 heterocycles. The van der Waals surface area contributed by atoms with Crippen molar-refractivity contribution in [2.24, 2.45) is 0 Å². The highest BCUT2D eigenvalue weighted by atomic mass is 35.5. The van der Waals surface area contributed by atoms with Crippen LogP contribution < -0.4 is 9.47 Å². The second-order valence-corrected chi connectivity index (χ2v) is 6.71. The Morgan fingerprint density at radius 2 is 1.68 bits per heavy atom. The van der Waals surface area contributed by atoms with E-state index in [0.717, 1.165) is 5.75 Å². The fraction of sp³-hybridized carbons (Fsp3) is 0.136. The zero-order chi connectivity index (χ0) is 20.5. The van der Waals surface area contributed by atoms with Crippen molar-refractivity contribution in [2.75, 3.05) is 13.7 Å². The molecule has 6 heteroatoms. The molecule has 0 fully saturated rings. The van der Waals surface area contributed by atoms with Gasteiger partial charge in [-0.2, -0.15) is 0 Å². The number of halogens is 2. The van der Waals surface area contributed by atoms with Gasteiger partial charge in [0.25, 0.3) is 0 Å². The number of carboxylic acids is 1. The minimum atomic E-state index is -1.05. The highest BCUT2D eigenvalue weighted by molar-refractivity contribution is 6.35. The van der Waals surface area contributed by atoms with E-state index in [4.69, 9.17) is 37.8 Å². The maximum absolute atomic E-state index is 10.2. The van der Waals surface area contributed by atoms with Crippen LogP contribution in [-0.4, -0.2) is 24.8 Å². The van der Waals surface area contributed by atoms with Gasteiger partial charge in [-0.3, -0.25) is 0 Å². The molecule has 0 saturated carbocycles. The molecule has 3 aromatic carbocycles. The van der Waals surface area contributed by atoms with E-state index >= 15 is 0 Å². The summed E-state index contributed by atoms with van der Waals surface area (Å²) in [6.45, 7) is 1.66. The molecule has 0 spiro atoms. The van der Waals surface area contributed by atoms with Crippen molar-refractivity contribution in [3.63, 3.8) is 0 Å². The molecule has 0 aliphatic rings. The second kappa shape index (κ2) is 10.6. The van der Waals surface area contributed by atoms with Crippen LogP contribution in [0.3, 0.4) is 0 Å². The molecule has 28 heavy (non-hydrogen) atoms. The fourth-order valence-electron chi connectivity index (χ4n) is 2.39. The van der Waals surface area contributed by atoms with Gasteiger partial charge in [-0.25, -0.2) is 4.79 Å². The van der Waals surface area contributed by atoms with E-state index in [0.29, 0.717) is 15.8 Å². The molecule has 146 valence electrons. The third kappa shape index (κ3) is 6.80. The van der Waals surface area contributed by atoms with Crippen LogP contribution in [0.2, 0.25) is 10.0 Å². The molecule has 0 radical (unpaired) electrons. The Morgan fingerprint density at radius 3 is 2.29 bits per heavy atom. The molecule has 3 aromatic rings. The molecule has 0 saturated heterocycles. The predicted octanol–water partition coefficient (Wildman–Crippen LogP) is 6.13. The number of hydrogen-bond donors (Lipinski definition) is 1. The van der Waals surface area contributed by atoms with Crippen LogP contribution in [0, 0.1) is 6.92 Å². The zero-order valence-corrected chi connectivity index (χ0v) is 17.0. The molecule has 1 N–H and O–H groups in total. The fourth-order valence-corrected chi connectivity index (χ4v) is 2.86. The molecule has 0 bridgehead atoms. The first-order valence-electron chi connectivity index (χ1n) is 8.40. The van der Waals surface area contributed by atoms with Crippen molar-refractivity contribution in [3.8, 4) is 22.6 Å².